The van der Waals surface area contributed by atoms with Crippen LogP contribution < -0.4 is 9.47 Å². The summed E-state index contributed by atoms with van der Waals surface area (Å²) in [6, 6.07) is 23.8. The molecule has 0 radical (unpaired) electrons. The van der Waals surface area contributed by atoms with Crippen molar-refractivity contribution in [1.82, 2.24) is 20.1 Å². The molecule has 3 aromatic carbocycles. The first-order chi connectivity index (χ1) is 17.7. The number of benzene rings is 3. The molecular formula is C28H26N4O3S. The van der Waals surface area contributed by atoms with Gasteiger partial charge in [-0.1, -0.05) is 72.4 Å². The number of fused-ring (bicyclic) bond motifs is 1. The molecule has 1 aliphatic heterocycles. The molecule has 8 heteroatoms. The molecule has 7 nitrogen and oxygen atoms in total. The van der Waals surface area contributed by atoms with Crippen molar-refractivity contribution < 1.29 is 14.3 Å². The Morgan fingerprint density at radius 1 is 0.861 bits per heavy atom. The number of aromatic nitrogens is 3. The Bertz CT molecular complexity index is 1370. The van der Waals surface area contributed by atoms with Crippen LogP contribution in [0, 0.1) is 0 Å². The van der Waals surface area contributed by atoms with Gasteiger partial charge < -0.3 is 14.4 Å². The summed E-state index contributed by atoms with van der Waals surface area (Å²) in [4.78, 5) is 19.7. The number of rotatable bonds is 7. The molecule has 0 N–H and O–H groups in total. The Balaban J connectivity index is 1.32. The predicted octanol–water partition coefficient (Wildman–Crippen LogP) is 4.90. The van der Waals surface area contributed by atoms with Gasteiger partial charge in [-0.05, 0) is 29.7 Å². The van der Waals surface area contributed by atoms with Gasteiger partial charge in [0.05, 0.1) is 20.0 Å². The number of carbonyl (C=O) groups excluding carboxylic acids is 1. The maximum Gasteiger partial charge on any atom is 0.233 e. The molecule has 0 saturated heterocycles. The topological polar surface area (TPSA) is 77.4 Å². The maximum atomic E-state index is 13.1. The van der Waals surface area contributed by atoms with Gasteiger partial charge >= 0.3 is 0 Å². The highest BCUT2D eigenvalue weighted by Crippen LogP contribution is 2.34. The molecule has 1 aromatic heterocycles. The Morgan fingerprint density at radius 2 is 1.47 bits per heavy atom. The summed E-state index contributed by atoms with van der Waals surface area (Å²) in [5.74, 6) is 1.66. The average molecular weight is 499 g/mol. The standard InChI is InChI=1S/C28H26N4O3S/c1-34-23-15-21-13-14-32(17-22(21)16-24(23)35-2)25(33)18-36-28-29-26(19-9-5-3-6-10-19)27(30-31-28)20-11-7-4-8-12-20/h3-12,15-16H,13-14,17-18H2,1-2H3. The SMILES string of the molecule is COc1cc2c(cc1OC)CN(C(=O)CSc1nnc(-c3ccccc3)c(-c3ccccc3)n1)CC2. The second-order valence-corrected chi connectivity index (χ2v) is 9.30. The number of carbonyl (C=O) groups is 1. The number of methoxy groups -OCH3 is 2. The lowest BCUT2D eigenvalue weighted by Crippen LogP contribution is -2.37. The summed E-state index contributed by atoms with van der Waals surface area (Å²) in [5.41, 5.74) is 5.63. The van der Waals surface area contributed by atoms with Crippen molar-refractivity contribution in [2.24, 2.45) is 0 Å². The smallest absolute Gasteiger partial charge is 0.233 e. The summed E-state index contributed by atoms with van der Waals surface area (Å²) < 4.78 is 10.9. The van der Waals surface area contributed by atoms with Crippen LogP contribution in [0.5, 0.6) is 11.5 Å². The molecular weight excluding hydrogens is 472 g/mol. The van der Waals surface area contributed by atoms with Crippen molar-refractivity contribution in [1.29, 1.82) is 0 Å². The van der Waals surface area contributed by atoms with Crippen LogP contribution in [-0.2, 0) is 17.8 Å². The number of thioether (sulfide) groups is 1. The molecule has 0 atom stereocenters. The summed E-state index contributed by atoms with van der Waals surface area (Å²) in [7, 11) is 3.25. The number of hydrogen-bond acceptors (Lipinski definition) is 7. The summed E-state index contributed by atoms with van der Waals surface area (Å²) in [5, 5.41) is 9.31. The van der Waals surface area contributed by atoms with Gasteiger partial charge in [0.25, 0.3) is 0 Å². The first-order valence-corrected chi connectivity index (χ1v) is 12.6. The van der Waals surface area contributed by atoms with Gasteiger partial charge in [-0.2, -0.15) is 0 Å². The van der Waals surface area contributed by atoms with Crippen molar-refractivity contribution in [2.45, 2.75) is 18.1 Å². The highest BCUT2D eigenvalue weighted by molar-refractivity contribution is 7.99. The monoisotopic (exact) mass is 498 g/mol. The zero-order valence-electron chi connectivity index (χ0n) is 20.2. The fourth-order valence-corrected chi connectivity index (χ4v) is 4.96. The average Bonchev–Trinajstić information content (AvgIpc) is 2.95. The van der Waals surface area contributed by atoms with E-state index in [1.807, 2.05) is 77.7 Å². The van der Waals surface area contributed by atoms with Crippen LogP contribution in [0.15, 0.2) is 78.0 Å². The molecule has 0 fully saturated rings. The van der Waals surface area contributed by atoms with Crippen molar-refractivity contribution >= 4 is 17.7 Å². The second kappa shape index (κ2) is 10.8. The minimum absolute atomic E-state index is 0.0393. The molecule has 36 heavy (non-hydrogen) atoms. The van der Waals surface area contributed by atoms with E-state index in [9.17, 15) is 4.79 Å². The maximum absolute atomic E-state index is 13.1. The minimum atomic E-state index is 0.0393. The lowest BCUT2D eigenvalue weighted by atomic mass is 9.99. The van der Waals surface area contributed by atoms with E-state index in [1.54, 1.807) is 14.2 Å². The lowest BCUT2D eigenvalue weighted by Gasteiger charge is -2.29. The molecule has 2 heterocycles. The van der Waals surface area contributed by atoms with Crippen LogP contribution in [0.3, 0.4) is 0 Å². The highest BCUT2D eigenvalue weighted by atomic mass is 32.2. The third-order valence-electron chi connectivity index (χ3n) is 6.16. The fourth-order valence-electron chi connectivity index (χ4n) is 4.27. The molecule has 0 spiro atoms. The van der Waals surface area contributed by atoms with Crippen LogP contribution in [0.4, 0.5) is 0 Å². The third-order valence-corrected chi connectivity index (χ3v) is 6.98. The van der Waals surface area contributed by atoms with E-state index in [1.165, 1.54) is 17.3 Å². The van der Waals surface area contributed by atoms with Crippen molar-refractivity contribution in [3.05, 3.63) is 83.9 Å². The van der Waals surface area contributed by atoms with Crippen LogP contribution >= 0.6 is 11.8 Å². The quantitative estimate of drug-likeness (QED) is 0.336. The number of nitrogens with zero attached hydrogens (tertiary/aromatic N) is 4. The van der Waals surface area contributed by atoms with Crippen LogP contribution in [-0.4, -0.2) is 52.5 Å². The van der Waals surface area contributed by atoms with Crippen LogP contribution in [0.2, 0.25) is 0 Å². The Labute approximate surface area is 214 Å². The van der Waals surface area contributed by atoms with Crippen molar-refractivity contribution in [2.75, 3.05) is 26.5 Å². The van der Waals surface area contributed by atoms with Gasteiger partial charge in [0, 0.05) is 24.2 Å². The zero-order valence-corrected chi connectivity index (χ0v) is 21.0. The minimum Gasteiger partial charge on any atom is -0.493 e. The van der Waals surface area contributed by atoms with Gasteiger partial charge in [-0.3, -0.25) is 4.79 Å². The molecule has 1 aliphatic rings. The van der Waals surface area contributed by atoms with Gasteiger partial charge in [0.2, 0.25) is 11.1 Å². The third kappa shape index (κ3) is 5.04. The molecule has 0 saturated carbocycles. The Morgan fingerprint density at radius 3 is 2.11 bits per heavy atom. The van der Waals surface area contributed by atoms with Gasteiger partial charge in [-0.15, -0.1) is 10.2 Å². The molecule has 0 aliphatic carbocycles. The summed E-state index contributed by atoms with van der Waals surface area (Å²) in [6.07, 6.45) is 0.772. The normalized spacial score (nSPS) is 12.7. The van der Waals surface area contributed by atoms with Crippen molar-refractivity contribution in [3.8, 4) is 34.0 Å². The second-order valence-electron chi connectivity index (χ2n) is 8.35. The lowest BCUT2D eigenvalue weighted by molar-refractivity contribution is -0.129. The van der Waals surface area contributed by atoms with E-state index in [4.69, 9.17) is 14.5 Å². The molecule has 1 amide bonds. The number of ether oxygens (including phenoxy) is 2. The molecule has 0 unspecified atom stereocenters. The fraction of sp³-hybridized carbons (Fsp3) is 0.214. The van der Waals surface area contributed by atoms with Crippen molar-refractivity contribution in [3.63, 3.8) is 0 Å². The molecule has 182 valence electrons. The van der Waals surface area contributed by atoms with E-state index >= 15 is 0 Å². The highest BCUT2D eigenvalue weighted by Gasteiger charge is 2.23. The van der Waals surface area contributed by atoms with Gasteiger partial charge in [0.15, 0.2) is 11.5 Å². The van der Waals surface area contributed by atoms with E-state index in [0.717, 1.165) is 34.5 Å². The Hall–Kier alpha value is -3.91. The van der Waals surface area contributed by atoms with E-state index in [2.05, 4.69) is 10.2 Å². The van der Waals surface area contributed by atoms with E-state index < -0.39 is 0 Å². The van der Waals surface area contributed by atoms with Crippen LogP contribution in [0.25, 0.3) is 22.5 Å². The van der Waals surface area contributed by atoms with Gasteiger partial charge in [0.1, 0.15) is 11.4 Å². The largest absolute Gasteiger partial charge is 0.493 e. The Kier molecular flexibility index (Phi) is 7.13. The summed E-state index contributed by atoms with van der Waals surface area (Å²) >= 11 is 1.31. The first-order valence-electron chi connectivity index (χ1n) is 11.7. The number of hydrogen-bond donors (Lipinski definition) is 0. The first kappa shape index (κ1) is 23.8. The zero-order chi connectivity index (χ0) is 24.9. The molecule has 5 rings (SSSR count). The summed E-state index contributed by atoms with van der Waals surface area (Å²) in [6.45, 7) is 1.19. The predicted molar refractivity (Wildman–Crippen MR) is 140 cm³/mol. The molecule has 4 aromatic rings. The van der Waals surface area contributed by atoms with E-state index in [0.29, 0.717) is 29.7 Å². The van der Waals surface area contributed by atoms with E-state index in [-0.39, 0.29) is 11.7 Å². The molecule has 0 bridgehead atoms. The van der Waals surface area contributed by atoms with Crippen LogP contribution in [0.1, 0.15) is 11.1 Å². The number of amides is 1. The van der Waals surface area contributed by atoms with Gasteiger partial charge in [-0.25, -0.2) is 4.98 Å².